The Hall–Kier alpha value is -2.28. The van der Waals surface area contributed by atoms with Crippen molar-refractivity contribution >= 4 is 11.9 Å². The molecule has 0 aliphatic carbocycles. The van der Waals surface area contributed by atoms with Gasteiger partial charge in [0.15, 0.2) is 11.5 Å². The maximum Gasteiger partial charge on any atom is 0.308 e. The van der Waals surface area contributed by atoms with E-state index >= 15 is 0 Å². The molecule has 2 aliphatic rings. The van der Waals surface area contributed by atoms with Gasteiger partial charge in [0, 0.05) is 50.6 Å². The summed E-state index contributed by atoms with van der Waals surface area (Å²) >= 11 is 0. The van der Waals surface area contributed by atoms with Crippen molar-refractivity contribution < 1.29 is 24.2 Å². The maximum atomic E-state index is 12.0. The first-order valence-corrected chi connectivity index (χ1v) is 9.39. The Morgan fingerprint density at radius 1 is 1.11 bits per heavy atom. The number of rotatable bonds is 5. The van der Waals surface area contributed by atoms with Crippen molar-refractivity contribution in [1.82, 2.24) is 9.80 Å². The number of carbonyl (C=O) groups excluding carboxylic acids is 1. The molecule has 1 aromatic carbocycles. The summed E-state index contributed by atoms with van der Waals surface area (Å²) in [5.74, 6) is -0.0853. The predicted molar refractivity (Wildman–Crippen MR) is 100 cm³/mol. The predicted octanol–water partition coefficient (Wildman–Crippen LogP) is 1.81. The van der Waals surface area contributed by atoms with Gasteiger partial charge in [0.1, 0.15) is 0 Å². The van der Waals surface area contributed by atoms with Crippen LogP contribution in [0.25, 0.3) is 0 Å². The molecule has 0 bridgehead atoms. The minimum absolute atomic E-state index is 0.109. The van der Waals surface area contributed by atoms with Crippen molar-refractivity contribution in [2.45, 2.75) is 31.7 Å². The highest BCUT2D eigenvalue weighted by molar-refractivity contribution is 5.73. The number of carboxylic acids is 1. The fraction of sp³-hybridized carbons (Fsp3) is 0.600. The molecule has 2 saturated heterocycles. The van der Waals surface area contributed by atoms with Gasteiger partial charge in [-0.05, 0) is 18.9 Å². The fourth-order valence-corrected chi connectivity index (χ4v) is 4.45. The van der Waals surface area contributed by atoms with Gasteiger partial charge in [0.25, 0.3) is 0 Å². The van der Waals surface area contributed by atoms with E-state index in [4.69, 9.17) is 9.47 Å². The van der Waals surface area contributed by atoms with Gasteiger partial charge in [-0.1, -0.05) is 12.1 Å². The Labute approximate surface area is 159 Å². The van der Waals surface area contributed by atoms with Crippen LogP contribution in [0.3, 0.4) is 0 Å². The number of amides is 1. The molecular weight excluding hydrogens is 348 g/mol. The van der Waals surface area contributed by atoms with E-state index in [-0.39, 0.29) is 11.8 Å². The van der Waals surface area contributed by atoms with Crippen LogP contribution < -0.4 is 9.47 Å². The molecule has 0 aromatic heterocycles. The maximum absolute atomic E-state index is 12.0. The Morgan fingerprint density at radius 3 is 2.37 bits per heavy atom. The molecule has 3 rings (SSSR count). The number of methoxy groups -OCH3 is 2. The van der Waals surface area contributed by atoms with Gasteiger partial charge >= 0.3 is 5.97 Å². The molecule has 0 radical (unpaired) electrons. The summed E-state index contributed by atoms with van der Waals surface area (Å²) in [6.07, 6.45) is 1.77. The first-order chi connectivity index (χ1) is 13.0. The van der Waals surface area contributed by atoms with Crippen LogP contribution in [0.1, 0.15) is 31.2 Å². The Kier molecular flexibility index (Phi) is 5.89. The number of aliphatic carboxylic acids is 1. The van der Waals surface area contributed by atoms with E-state index in [1.807, 2.05) is 23.1 Å². The fourth-order valence-electron chi connectivity index (χ4n) is 4.45. The van der Waals surface area contributed by atoms with E-state index < -0.39 is 11.9 Å². The average molecular weight is 376 g/mol. The third-order valence-corrected chi connectivity index (χ3v) is 5.92. The minimum Gasteiger partial charge on any atom is -0.493 e. The van der Waals surface area contributed by atoms with Crippen molar-refractivity contribution in [2.24, 2.45) is 5.92 Å². The third-order valence-electron chi connectivity index (χ3n) is 5.92. The van der Waals surface area contributed by atoms with Crippen LogP contribution in [0.15, 0.2) is 18.2 Å². The number of nitrogens with zero attached hydrogens (tertiary/aromatic N) is 2. The van der Waals surface area contributed by atoms with Gasteiger partial charge in [-0.3, -0.25) is 14.5 Å². The van der Waals surface area contributed by atoms with Crippen LogP contribution >= 0.6 is 0 Å². The molecular formula is C20H28N2O5. The smallest absolute Gasteiger partial charge is 0.308 e. The lowest BCUT2D eigenvalue weighted by molar-refractivity contribution is -0.141. The van der Waals surface area contributed by atoms with E-state index in [0.717, 1.165) is 31.5 Å². The van der Waals surface area contributed by atoms with Crippen LogP contribution in [0.2, 0.25) is 0 Å². The molecule has 1 aromatic rings. The van der Waals surface area contributed by atoms with Crippen LogP contribution in [-0.2, 0) is 9.59 Å². The zero-order chi connectivity index (χ0) is 19.6. The van der Waals surface area contributed by atoms with E-state index in [0.29, 0.717) is 30.6 Å². The number of ether oxygens (including phenoxy) is 2. The zero-order valence-corrected chi connectivity index (χ0v) is 16.2. The molecule has 148 valence electrons. The summed E-state index contributed by atoms with van der Waals surface area (Å²) in [6, 6.07) is 5.94. The van der Waals surface area contributed by atoms with Crippen LogP contribution in [0.5, 0.6) is 11.5 Å². The number of benzene rings is 1. The average Bonchev–Trinajstić information content (AvgIpc) is 3.12. The van der Waals surface area contributed by atoms with Gasteiger partial charge in [-0.15, -0.1) is 0 Å². The van der Waals surface area contributed by atoms with E-state index in [2.05, 4.69) is 4.90 Å². The molecule has 1 amide bonds. The minimum atomic E-state index is -0.784. The molecule has 2 atom stereocenters. The van der Waals surface area contributed by atoms with E-state index in [9.17, 15) is 14.7 Å². The lowest BCUT2D eigenvalue weighted by Gasteiger charge is -2.36. The van der Waals surface area contributed by atoms with Gasteiger partial charge in [-0.2, -0.15) is 0 Å². The Balaban J connectivity index is 1.81. The first-order valence-electron chi connectivity index (χ1n) is 9.39. The summed E-state index contributed by atoms with van der Waals surface area (Å²) in [6.45, 7) is 4.26. The molecule has 7 heteroatoms. The molecule has 2 fully saturated rings. The van der Waals surface area contributed by atoms with Gasteiger partial charge in [0.05, 0.1) is 20.1 Å². The molecule has 0 spiro atoms. The first kappa shape index (κ1) is 19.5. The Morgan fingerprint density at radius 2 is 1.81 bits per heavy atom. The molecule has 7 nitrogen and oxygen atoms in total. The molecule has 27 heavy (non-hydrogen) atoms. The third kappa shape index (κ3) is 3.88. The second-order valence-electron chi connectivity index (χ2n) is 7.33. The summed E-state index contributed by atoms with van der Waals surface area (Å²) < 4.78 is 10.9. The molecule has 2 aliphatic heterocycles. The number of hydrogen-bond donors (Lipinski definition) is 1. The highest BCUT2D eigenvalue weighted by Gasteiger charge is 2.43. The SMILES string of the molecule is COc1cccc([C@@H]2CN(C3CCN(C(C)=O)CC3)C[C@H]2C(=O)O)c1OC. The van der Waals surface area contributed by atoms with E-state index in [1.165, 1.54) is 0 Å². The van der Waals surface area contributed by atoms with Crippen molar-refractivity contribution in [3.63, 3.8) is 0 Å². The number of para-hydroxylation sites is 1. The number of piperidine rings is 1. The number of carbonyl (C=O) groups is 2. The highest BCUT2D eigenvalue weighted by atomic mass is 16.5. The molecule has 0 unspecified atom stereocenters. The lowest BCUT2D eigenvalue weighted by atomic mass is 9.88. The molecule has 1 N–H and O–H groups in total. The summed E-state index contributed by atoms with van der Waals surface area (Å²) in [7, 11) is 3.17. The number of carboxylic acid groups (broad SMARTS) is 1. The normalized spacial score (nSPS) is 24.0. The largest absolute Gasteiger partial charge is 0.493 e. The number of likely N-dealkylation sites (tertiary alicyclic amines) is 2. The molecule has 0 saturated carbocycles. The van der Waals surface area contributed by atoms with Crippen molar-refractivity contribution in [3.8, 4) is 11.5 Å². The highest BCUT2D eigenvalue weighted by Crippen LogP contribution is 2.42. The second-order valence-corrected chi connectivity index (χ2v) is 7.33. The Bertz CT molecular complexity index is 700. The van der Waals surface area contributed by atoms with Crippen LogP contribution in [-0.4, -0.2) is 73.2 Å². The molecule has 2 heterocycles. The quantitative estimate of drug-likeness (QED) is 0.844. The number of hydrogen-bond acceptors (Lipinski definition) is 5. The monoisotopic (exact) mass is 376 g/mol. The van der Waals surface area contributed by atoms with E-state index in [1.54, 1.807) is 21.1 Å². The second kappa shape index (κ2) is 8.17. The van der Waals surface area contributed by atoms with Crippen molar-refractivity contribution in [1.29, 1.82) is 0 Å². The summed E-state index contributed by atoms with van der Waals surface area (Å²) in [5.41, 5.74) is 0.882. The lowest BCUT2D eigenvalue weighted by Crippen LogP contribution is -2.45. The topological polar surface area (TPSA) is 79.3 Å². The van der Waals surface area contributed by atoms with Gasteiger partial charge in [-0.25, -0.2) is 0 Å². The van der Waals surface area contributed by atoms with Crippen LogP contribution in [0.4, 0.5) is 0 Å². The summed E-state index contributed by atoms with van der Waals surface area (Å²) in [4.78, 5) is 27.6. The van der Waals surface area contributed by atoms with Gasteiger partial charge in [0.2, 0.25) is 5.91 Å². The van der Waals surface area contributed by atoms with Crippen molar-refractivity contribution in [3.05, 3.63) is 23.8 Å². The van der Waals surface area contributed by atoms with Gasteiger partial charge < -0.3 is 19.5 Å². The summed E-state index contributed by atoms with van der Waals surface area (Å²) in [5, 5.41) is 9.81. The van der Waals surface area contributed by atoms with Crippen molar-refractivity contribution in [2.75, 3.05) is 40.4 Å². The zero-order valence-electron chi connectivity index (χ0n) is 16.2. The van der Waals surface area contributed by atoms with Crippen LogP contribution in [0, 0.1) is 5.92 Å². The standard InChI is InChI=1S/C20H28N2O5/c1-13(23)21-9-7-14(8-10-21)22-11-16(17(12-22)20(24)25)15-5-4-6-18(26-2)19(15)27-3/h4-6,14,16-17H,7-12H2,1-3H3,(H,24,25)/t16-,17+/m0/s1.